The van der Waals surface area contributed by atoms with Gasteiger partial charge >= 0.3 is 0 Å². The number of thiophene rings is 1. The number of nitrogens with one attached hydrogen (secondary N) is 1. The lowest BCUT2D eigenvalue weighted by Crippen LogP contribution is -2.42. The molecular weight excluding hydrogens is 266 g/mol. The molecule has 2 nitrogen and oxygen atoms in total. The Morgan fingerprint density at radius 3 is 2.78 bits per heavy atom. The number of aliphatic hydroxyl groups is 1. The molecule has 1 aromatic carbocycles. The van der Waals surface area contributed by atoms with E-state index in [1.807, 2.05) is 42.6 Å². The molecule has 0 saturated heterocycles. The Morgan fingerprint density at radius 2 is 2.17 bits per heavy atom. The fraction of sp³-hybridized carbons (Fsp3) is 0.286. The normalized spacial score (nSPS) is 14.4. The van der Waals surface area contributed by atoms with Gasteiger partial charge in [0.2, 0.25) is 0 Å². The molecule has 0 aliphatic heterocycles. The molecule has 1 heterocycles. The lowest BCUT2D eigenvalue weighted by molar-refractivity contribution is 0.174. The molecule has 1 aromatic heterocycles. The first-order valence-electron chi connectivity index (χ1n) is 5.78. The molecule has 18 heavy (non-hydrogen) atoms. The number of hydrogen-bond donors (Lipinski definition) is 2. The number of halogens is 1. The Hall–Kier alpha value is -0.870. The maximum Gasteiger partial charge on any atom is 0.0652 e. The average Bonchev–Trinajstić information content (AvgIpc) is 2.89. The number of aliphatic hydroxyl groups excluding tert-OH is 1. The van der Waals surface area contributed by atoms with Crippen molar-refractivity contribution in [3.8, 4) is 0 Å². The van der Waals surface area contributed by atoms with Crippen molar-refractivity contribution >= 4 is 22.9 Å². The number of rotatable bonds is 5. The summed E-state index contributed by atoms with van der Waals surface area (Å²) in [6, 6.07) is 11.7. The quantitative estimate of drug-likeness (QED) is 0.880. The first kappa shape index (κ1) is 13.6. The zero-order valence-corrected chi connectivity index (χ0v) is 11.8. The van der Waals surface area contributed by atoms with E-state index in [-0.39, 0.29) is 6.61 Å². The highest BCUT2D eigenvalue weighted by Crippen LogP contribution is 2.24. The first-order chi connectivity index (χ1) is 8.64. The maximum absolute atomic E-state index is 9.66. The van der Waals surface area contributed by atoms with E-state index in [0.717, 1.165) is 12.1 Å². The smallest absolute Gasteiger partial charge is 0.0652 e. The van der Waals surface area contributed by atoms with Gasteiger partial charge in [0.25, 0.3) is 0 Å². The van der Waals surface area contributed by atoms with Crippen LogP contribution in [0.1, 0.15) is 17.4 Å². The molecule has 1 unspecified atom stereocenters. The van der Waals surface area contributed by atoms with E-state index in [1.165, 1.54) is 4.88 Å². The van der Waals surface area contributed by atoms with Gasteiger partial charge in [0, 0.05) is 16.4 Å². The van der Waals surface area contributed by atoms with Gasteiger partial charge in [-0.1, -0.05) is 29.8 Å². The van der Waals surface area contributed by atoms with Crippen LogP contribution in [0.5, 0.6) is 0 Å². The van der Waals surface area contributed by atoms with E-state index in [4.69, 9.17) is 11.6 Å². The molecule has 0 amide bonds. The van der Waals surface area contributed by atoms with Crippen LogP contribution in [0.4, 0.5) is 0 Å². The van der Waals surface area contributed by atoms with Gasteiger partial charge in [-0.2, -0.15) is 0 Å². The van der Waals surface area contributed by atoms with Crippen molar-refractivity contribution in [2.24, 2.45) is 0 Å². The van der Waals surface area contributed by atoms with Crippen LogP contribution in [0.25, 0.3) is 0 Å². The Balaban J connectivity index is 2.14. The molecule has 4 heteroatoms. The van der Waals surface area contributed by atoms with Crippen molar-refractivity contribution in [2.45, 2.75) is 19.0 Å². The number of hydrogen-bond acceptors (Lipinski definition) is 3. The second-order valence-electron chi connectivity index (χ2n) is 4.43. The van der Waals surface area contributed by atoms with E-state index in [1.54, 1.807) is 11.3 Å². The van der Waals surface area contributed by atoms with Crippen molar-refractivity contribution in [3.05, 3.63) is 57.2 Å². The van der Waals surface area contributed by atoms with E-state index >= 15 is 0 Å². The topological polar surface area (TPSA) is 32.3 Å². The minimum atomic E-state index is -0.477. The largest absolute Gasteiger partial charge is 0.394 e. The predicted molar refractivity (Wildman–Crippen MR) is 77.0 cm³/mol. The summed E-state index contributed by atoms with van der Waals surface area (Å²) in [6.07, 6.45) is 0. The van der Waals surface area contributed by atoms with Crippen LogP contribution in [-0.4, -0.2) is 11.7 Å². The molecule has 0 radical (unpaired) electrons. The zero-order chi connectivity index (χ0) is 13.0. The lowest BCUT2D eigenvalue weighted by Gasteiger charge is -2.29. The fourth-order valence-electron chi connectivity index (χ4n) is 1.78. The summed E-state index contributed by atoms with van der Waals surface area (Å²) < 4.78 is 0. The van der Waals surface area contributed by atoms with Crippen molar-refractivity contribution in [3.63, 3.8) is 0 Å². The molecule has 96 valence electrons. The minimum Gasteiger partial charge on any atom is -0.394 e. The van der Waals surface area contributed by atoms with E-state index in [2.05, 4.69) is 11.4 Å². The van der Waals surface area contributed by atoms with Crippen LogP contribution in [-0.2, 0) is 12.1 Å². The second-order valence-corrected chi connectivity index (χ2v) is 5.90. The van der Waals surface area contributed by atoms with Crippen molar-refractivity contribution < 1.29 is 5.11 Å². The zero-order valence-electron chi connectivity index (χ0n) is 10.2. The van der Waals surface area contributed by atoms with Gasteiger partial charge in [-0.05, 0) is 36.1 Å². The lowest BCUT2D eigenvalue weighted by atomic mass is 9.93. The summed E-state index contributed by atoms with van der Waals surface area (Å²) in [5.74, 6) is 0. The minimum absolute atomic E-state index is 0.0265. The third-order valence-corrected chi connectivity index (χ3v) is 4.12. The second kappa shape index (κ2) is 5.85. The van der Waals surface area contributed by atoms with Crippen molar-refractivity contribution in [2.75, 3.05) is 6.61 Å². The van der Waals surface area contributed by atoms with Gasteiger partial charge in [0.05, 0.1) is 12.1 Å². The van der Waals surface area contributed by atoms with Crippen LogP contribution in [0.3, 0.4) is 0 Å². The monoisotopic (exact) mass is 281 g/mol. The summed E-state index contributed by atoms with van der Waals surface area (Å²) in [6.45, 7) is 2.74. The Morgan fingerprint density at radius 1 is 1.33 bits per heavy atom. The molecular formula is C14H16ClNOS. The Labute approximate surface area is 116 Å². The molecule has 0 spiro atoms. The highest BCUT2D eigenvalue weighted by molar-refractivity contribution is 7.09. The van der Waals surface area contributed by atoms with E-state index in [0.29, 0.717) is 5.02 Å². The van der Waals surface area contributed by atoms with Gasteiger partial charge < -0.3 is 10.4 Å². The van der Waals surface area contributed by atoms with Gasteiger partial charge in [0.15, 0.2) is 0 Å². The molecule has 0 fully saturated rings. The molecule has 2 rings (SSSR count). The van der Waals surface area contributed by atoms with Gasteiger partial charge in [-0.25, -0.2) is 0 Å². The Bertz CT molecular complexity index is 500. The highest BCUT2D eigenvalue weighted by atomic mass is 35.5. The number of benzene rings is 1. The fourth-order valence-corrected chi connectivity index (χ4v) is 2.61. The highest BCUT2D eigenvalue weighted by Gasteiger charge is 2.25. The standard InChI is InChI=1S/C14H16ClNOS/c1-14(10-17,11-4-2-5-12(15)8-11)16-9-13-6-3-7-18-13/h2-8,16-17H,9-10H2,1H3. The summed E-state index contributed by atoms with van der Waals surface area (Å²) in [7, 11) is 0. The Kier molecular flexibility index (Phi) is 4.40. The summed E-state index contributed by atoms with van der Waals surface area (Å²) >= 11 is 7.70. The van der Waals surface area contributed by atoms with E-state index < -0.39 is 5.54 Å². The summed E-state index contributed by atoms with van der Waals surface area (Å²) in [4.78, 5) is 1.25. The third-order valence-electron chi connectivity index (χ3n) is 3.01. The molecule has 2 N–H and O–H groups in total. The predicted octanol–water partition coefficient (Wildman–Crippen LogP) is 3.40. The van der Waals surface area contributed by atoms with Crippen LogP contribution < -0.4 is 5.32 Å². The van der Waals surface area contributed by atoms with E-state index in [9.17, 15) is 5.11 Å². The van der Waals surface area contributed by atoms with Crippen LogP contribution in [0.2, 0.25) is 5.02 Å². The van der Waals surface area contributed by atoms with Gasteiger partial charge in [0.1, 0.15) is 0 Å². The molecule has 0 bridgehead atoms. The van der Waals surface area contributed by atoms with Crippen LogP contribution >= 0.6 is 22.9 Å². The molecule has 0 saturated carbocycles. The summed E-state index contributed by atoms with van der Waals surface area (Å²) in [5.41, 5.74) is 0.517. The van der Waals surface area contributed by atoms with Gasteiger partial charge in [-0.15, -0.1) is 11.3 Å². The van der Waals surface area contributed by atoms with Crippen LogP contribution in [0.15, 0.2) is 41.8 Å². The van der Waals surface area contributed by atoms with Gasteiger partial charge in [-0.3, -0.25) is 0 Å². The molecule has 1 atom stereocenters. The van der Waals surface area contributed by atoms with Crippen molar-refractivity contribution in [1.29, 1.82) is 0 Å². The maximum atomic E-state index is 9.66. The molecule has 0 aliphatic carbocycles. The first-order valence-corrected chi connectivity index (χ1v) is 7.04. The summed E-state index contributed by atoms with van der Waals surface area (Å²) in [5, 5.41) is 15.8. The van der Waals surface area contributed by atoms with Crippen LogP contribution in [0, 0.1) is 0 Å². The average molecular weight is 282 g/mol. The molecule has 0 aliphatic rings. The SMILES string of the molecule is CC(CO)(NCc1cccs1)c1cccc(Cl)c1. The third kappa shape index (κ3) is 3.12. The van der Waals surface area contributed by atoms with Crippen molar-refractivity contribution in [1.82, 2.24) is 5.32 Å². The molecule has 2 aromatic rings.